The summed E-state index contributed by atoms with van der Waals surface area (Å²) in [7, 11) is 1.55. The number of hydrogen-bond donors (Lipinski definition) is 2. The highest BCUT2D eigenvalue weighted by Gasteiger charge is 2.17. The Kier molecular flexibility index (Phi) is 7.26. The number of aromatic nitrogens is 2. The highest BCUT2D eigenvalue weighted by Crippen LogP contribution is 2.30. The molecule has 36 heavy (non-hydrogen) atoms. The number of benzene rings is 3. The van der Waals surface area contributed by atoms with E-state index in [9.17, 15) is 9.59 Å². The van der Waals surface area contributed by atoms with Gasteiger partial charge in [0.15, 0.2) is 0 Å². The molecule has 0 saturated carbocycles. The summed E-state index contributed by atoms with van der Waals surface area (Å²) in [6.07, 6.45) is 5.33. The van der Waals surface area contributed by atoms with Crippen molar-refractivity contribution >= 4 is 28.4 Å². The lowest BCUT2D eigenvalue weighted by molar-refractivity contribution is 0.0961. The first-order valence-corrected chi connectivity index (χ1v) is 11.5. The zero-order valence-corrected chi connectivity index (χ0v) is 20.3. The summed E-state index contributed by atoms with van der Waals surface area (Å²) >= 11 is 0. The molecule has 180 valence electrons. The quantitative estimate of drug-likeness (QED) is 0.363. The summed E-state index contributed by atoms with van der Waals surface area (Å²) in [4.78, 5) is 34.3. The molecule has 7 nitrogen and oxygen atoms in total. The number of carbonyl (C=O) groups excluding carboxylic acids is 2. The first-order chi connectivity index (χ1) is 17.4. The number of fused-ring (bicyclic) bond motifs is 1. The number of carbonyl (C=O) groups is 2. The number of amides is 2. The van der Waals surface area contributed by atoms with E-state index in [-0.39, 0.29) is 18.3 Å². The molecule has 2 N–H and O–H groups in total. The molecule has 0 aliphatic heterocycles. The number of rotatable bonds is 7. The van der Waals surface area contributed by atoms with Crippen molar-refractivity contribution < 1.29 is 14.3 Å². The van der Waals surface area contributed by atoms with E-state index < -0.39 is 5.91 Å². The fourth-order valence-electron chi connectivity index (χ4n) is 3.74. The Morgan fingerprint density at radius 1 is 1.00 bits per heavy atom. The monoisotopic (exact) mass is 478 g/mol. The van der Waals surface area contributed by atoms with Crippen molar-refractivity contribution in [1.82, 2.24) is 15.3 Å². The van der Waals surface area contributed by atoms with Gasteiger partial charge in [-0.05, 0) is 47.9 Å². The molecular formula is C29H26N4O3. The normalized spacial score (nSPS) is 10.6. The topological polar surface area (TPSA) is 93.2 Å². The first-order valence-electron chi connectivity index (χ1n) is 11.5. The van der Waals surface area contributed by atoms with E-state index in [1.54, 1.807) is 43.4 Å². The smallest absolute Gasteiger partial charge is 0.293 e. The van der Waals surface area contributed by atoms with Crippen molar-refractivity contribution in [2.45, 2.75) is 19.8 Å². The van der Waals surface area contributed by atoms with E-state index in [1.807, 2.05) is 18.2 Å². The molecule has 0 aliphatic rings. The Balaban J connectivity index is 1.76. The molecule has 0 radical (unpaired) electrons. The van der Waals surface area contributed by atoms with Gasteiger partial charge in [0.25, 0.3) is 11.8 Å². The first kappa shape index (κ1) is 24.4. The molecule has 1 aromatic heterocycles. The zero-order chi connectivity index (χ0) is 25.7. The van der Waals surface area contributed by atoms with Gasteiger partial charge in [0.2, 0.25) is 5.82 Å². The molecule has 0 atom stereocenters. The summed E-state index contributed by atoms with van der Waals surface area (Å²) in [6.45, 7) is 4.40. The molecule has 7 heteroatoms. The van der Waals surface area contributed by atoms with Crippen LogP contribution in [0.25, 0.3) is 22.2 Å². The third-order valence-corrected chi connectivity index (χ3v) is 5.65. The Morgan fingerprint density at radius 3 is 2.47 bits per heavy atom. The maximum atomic E-state index is 13.2. The predicted molar refractivity (Wildman–Crippen MR) is 141 cm³/mol. The summed E-state index contributed by atoms with van der Waals surface area (Å²) in [5, 5.41) is 6.10. The largest absolute Gasteiger partial charge is 0.481 e. The molecule has 3 aromatic carbocycles. The maximum absolute atomic E-state index is 13.2. The fraction of sp³-hybridized carbons (Fsp3) is 0.172. The Hall–Kier alpha value is -4.70. The Bertz CT molecular complexity index is 1470. The van der Waals surface area contributed by atoms with Crippen LogP contribution in [0.4, 0.5) is 5.69 Å². The van der Waals surface area contributed by atoms with E-state index in [0.29, 0.717) is 34.1 Å². The van der Waals surface area contributed by atoms with Crippen LogP contribution < -0.4 is 15.4 Å². The second kappa shape index (κ2) is 10.7. The second-order valence-corrected chi connectivity index (χ2v) is 8.46. The van der Waals surface area contributed by atoms with E-state index >= 15 is 0 Å². The standard InChI is InChI=1S/C29H26N4O3/c1-5-15-36-23-13-14-25-24(17-23)26(20-11-9-19(10-12-20)18(2)3)33-27(32-25)29(35)31-22-8-6-7-21(16-22)28(34)30-4/h1,6-14,16-18H,15H2,2-4H3,(H,30,34)(H,31,35). The van der Waals surface area contributed by atoms with Gasteiger partial charge in [-0.3, -0.25) is 9.59 Å². The van der Waals surface area contributed by atoms with Gasteiger partial charge < -0.3 is 15.4 Å². The lowest BCUT2D eigenvalue weighted by Gasteiger charge is -2.12. The molecule has 0 unspecified atom stereocenters. The van der Waals surface area contributed by atoms with Gasteiger partial charge in [-0.15, -0.1) is 6.42 Å². The molecule has 0 spiro atoms. The highest BCUT2D eigenvalue weighted by atomic mass is 16.5. The Labute approximate surface area is 209 Å². The molecular weight excluding hydrogens is 452 g/mol. The third-order valence-electron chi connectivity index (χ3n) is 5.65. The lowest BCUT2D eigenvalue weighted by atomic mass is 9.99. The third kappa shape index (κ3) is 5.34. The zero-order valence-electron chi connectivity index (χ0n) is 20.3. The minimum Gasteiger partial charge on any atom is -0.481 e. The maximum Gasteiger partial charge on any atom is 0.293 e. The van der Waals surface area contributed by atoms with Crippen LogP contribution in [-0.4, -0.2) is 35.4 Å². The number of terminal acetylenes is 1. The van der Waals surface area contributed by atoms with Gasteiger partial charge in [0.05, 0.1) is 11.2 Å². The minimum absolute atomic E-state index is 0.00748. The van der Waals surface area contributed by atoms with E-state index in [4.69, 9.17) is 11.2 Å². The molecule has 0 fully saturated rings. The molecule has 0 saturated heterocycles. The van der Waals surface area contributed by atoms with Crippen LogP contribution in [-0.2, 0) is 0 Å². The minimum atomic E-state index is -0.487. The number of hydrogen-bond acceptors (Lipinski definition) is 5. The summed E-state index contributed by atoms with van der Waals surface area (Å²) in [5.74, 6) is 2.71. The van der Waals surface area contributed by atoms with Gasteiger partial charge in [-0.1, -0.05) is 50.1 Å². The highest BCUT2D eigenvalue weighted by molar-refractivity contribution is 6.05. The van der Waals surface area contributed by atoms with Crippen molar-refractivity contribution in [2.24, 2.45) is 0 Å². The van der Waals surface area contributed by atoms with Crippen molar-refractivity contribution in [1.29, 1.82) is 0 Å². The summed E-state index contributed by atoms with van der Waals surface area (Å²) in [5.41, 5.74) is 4.13. The van der Waals surface area contributed by atoms with Crippen LogP contribution in [0.1, 0.15) is 46.3 Å². The van der Waals surface area contributed by atoms with Gasteiger partial charge in [-0.25, -0.2) is 9.97 Å². The van der Waals surface area contributed by atoms with Crippen molar-refractivity contribution in [3.63, 3.8) is 0 Å². The van der Waals surface area contributed by atoms with Crippen molar-refractivity contribution in [3.05, 3.63) is 83.7 Å². The molecule has 1 heterocycles. The van der Waals surface area contributed by atoms with Crippen molar-refractivity contribution in [2.75, 3.05) is 19.0 Å². The van der Waals surface area contributed by atoms with Crippen molar-refractivity contribution in [3.8, 4) is 29.4 Å². The molecule has 0 aliphatic carbocycles. The molecule has 4 aromatic rings. The van der Waals surface area contributed by atoms with Crippen LogP contribution >= 0.6 is 0 Å². The number of nitrogens with zero attached hydrogens (tertiary/aromatic N) is 2. The van der Waals surface area contributed by atoms with Crippen LogP contribution in [0.3, 0.4) is 0 Å². The van der Waals surface area contributed by atoms with Gasteiger partial charge in [0.1, 0.15) is 12.4 Å². The fourth-order valence-corrected chi connectivity index (χ4v) is 3.74. The average molecular weight is 479 g/mol. The van der Waals surface area contributed by atoms with Crippen LogP contribution in [0.5, 0.6) is 5.75 Å². The van der Waals surface area contributed by atoms with E-state index in [2.05, 4.69) is 52.5 Å². The van der Waals surface area contributed by atoms with Crippen LogP contribution in [0.2, 0.25) is 0 Å². The van der Waals surface area contributed by atoms with Gasteiger partial charge in [0, 0.05) is 29.2 Å². The SMILES string of the molecule is C#CCOc1ccc2nc(C(=O)Nc3cccc(C(=O)NC)c3)nc(-c3ccc(C(C)C)cc3)c2c1. The van der Waals surface area contributed by atoms with E-state index in [1.165, 1.54) is 5.56 Å². The van der Waals surface area contributed by atoms with Gasteiger partial charge in [-0.2, -0.15) is 0 Å². The van der Waals surface area contributed by atoms with Crippen LogP contribution in [0.15, 0.2) is 66.7 Å². The van der Waals surface area contributed by atoms with Crippen LogP contribution in [0, 0.1) is 12.3 Å². The molecule has 2 amide bonds. The predicted octanol–water partition coefficient (Wildman–Crippen LogP) is 5.04. The van der Waals surface area contributed by atoms with Gasteiger partial charge >= 0.3 is 0 Å². The Morgan fingerprint density at radius 2 is 1.78 bits per heavy atom. The van der Waals surface area contributed by atoms with E-state index in [0.717, 1.165) is 10.9 Å². The number of anilines is 1. The average Bonchev–Trinajstić information content (AvgIpc) is 2.90. The molecule has 0 bridgehead atoms. The summed E-state index contributed by atoms with van der Waals surface area (Å²) < 4.78 is 5.60. The second-order valence-electron chi connectivity index (χ2n) is 8.46. The number of ether oxygens (including phenoxy) is 1. The molecule has 4 rings (SSSR count). The number of nitrogens with one attached hydrogen (secondary N) is 2. The summed E-state index contributed by atoms with van der Waals surface area (Å²) in [6, 6.07) is 20.1. The lowest BCUT2D eigenvalue weighted by Crippen LogP contribution is -2.19.